The van der Waals surface area contributed by atoms with Gasteiger partial charge in [-0.3, -0.25) is 0 Å². The Morgan fingerprint density at radius 2 is 2.24 bits per heavy atom. The Kier molecular flexibility index (Phi) is 5.98. The third-order valence-corrected chi connectivity index (χ3v) is 1.85. The molecule has 1 aromatic rings. The molecule has 0 unspecified atom stereocenters. The van der Waals surface area contributed by atoms with E-state index in [1.165, 1.54) is 18.2 Å². The number of rotatable bonds is 6. The fourth-order valence-corrected chi connectivity index (χ4v) is 1.14. The Morgan fingerprint density at radius 3 is 2.94 bits per heavy atom. The van der Waals surface area contributed by atoms with E-state index in [9.17, 15) is 9.18 Å². The first-order valence-corrected chi connectivity index (χ1v) is 5.21. The van der Waals surface area contributed by atoms with Crippen LogP contribution in [0.15, 0.2) is 24.3 Å². The van der Waals surface area contributed by atoms with E-state index in [2.05, 4.69) is 10.6 Å². The Labute approximate surface area is 98.6 Å². The minimum atomic E-state index is -0.428. The standard InChI is InChI=1S/C11H15FN2O3/c12-9-2-1-3-10(8-9)14-11(16)13-4-6-17-7-5-15/h1-3,8,15H,4-7H2,(H2,13,14,16). The van der Waals surface area contributed by atoms with Crippen molar-refractivity contribution in [3.63, 3.8) is 0 Å². The highest BCUT2D eigenvalue weighted by molar-refractivity contribution is 5.89. The first-order valence-electron chi connectivity index (χ1n) is 5.21. The molecule has 0 fully saturated rings. The maximum atomic E-state index is 12.8. The van der Waals surface area contributed by atoms with Gasteiger partial charge >= 0.3 is 6.03 Å². The molecule has 0 aliphatic rings. The van der Waals surface area contributed by atoms with Crippen molar-refractivity contribution in [1.82, 2.24) is 5.32 Å². The van der Waals surface area contributed by atoms with Gasteiger partial charge in [0.05, 0.1) is 19.8 Å². The van der Waals surface area contributed by atoms with Gasteiger partial charge in [-0.15, -0.1) is 0 Å². The van der Waals surface area contributed by atoms with Crippen molar-refractivity contribution in [2.75, 3.05) is 31.7 Å². The average Bonchev–Trinajstić information content (AvgIpc) is 2.29. The number of halogens is 1. The Hall–Kier alpha value is -1.66. The molecule has 0 bridgehead atoms. The largest absolute Gasteiger partial charge is 0.394 e. The number of ether oxygens (including phenoxy) is 1. The molecular weight excluding hydrogens is 227 g/mol. The predicted octanol–water partition coefficient (Wildman–Crippen LogP) is 0.956. The zero-order valence-corrected chi connectivity index (χ0v) is 9.28. The van der Waals surface area contributed by atoms with Crippen LogP contribution >= 0.6 is 0 Å². The molecule has 2 amide bonds. The highest BCUT2D eigenvalue weighted by Gasteiger charge is 2.01. The van der Waals surface area contributed by atoms with Crippen molar-refractivity contribution < 1.29 is 19.0 Å². The summed E-state index contributed by atoms with van der Waals surface area (Å²) >= 11 is 0. The summed E-state index contributed by atoms with van der Waals surface area (Å²) in [5.74, 6) is -0.408. The zero-order chi connectivity index (χ0) is 12.5. The van der Waals surface area contributed by atoms with E-state index in [0.29, 0.717) is 18.8 Å². The number of aliphatic hydroxyl groups is 1. The molecule has 0 aliphatic heterocycles. The summed E-state index contributed by atoms with van der Waals surface area (Å²) in [6.45, 7) is 0.834. The second-order valence-electron chi connectivity index (χ2n) is 3.23. The van der Waals surface area contributed by atoms with Crippen LogP contribution < -0.4 is 10.6 Å². The Balaban J connectivity index is 2.21. The van der Waals surface area contributed by atoms with Gasteiger partial charge in [0.2, 0.25) is 0 Å². The number of urea groups is 1. The van der Waals surface area contributed by atoms with Crippen molar-refractivity contribution in [2.24, 2.45) is 0 Å². The van der Waals surface area contributed by atoms with Gasteiger partial charge < -0.3 is 20.5 Å². The van der Waals surface area contributed by atoms with E-state index in [4.69, 9.17) is 9.84 Å². The number of aliphatic hydroxyl groups excluding tert-OH is 1. The fourth-order valence-electron chi connectivity index (χ4n) is 1.14. The summed E-state index contributed by atoms with van der Waals surface area (Å²) in [6.07, 6.45) is 0. The molecule has 6 heteroatoms. The van der Waals surface area contributed by atoms with Crippen LogP contribution in [0, 0.1) is 5.82 Å². The second kappa shape index (κ2) is 7.59. The SMILES string of the molecule is O=C(NCCOCCO)Nc1cccc(F)c1. The number of benzene rings is 1. The molecule has 1 aromatic carbocycles. The lowest BCUT2D eigenvalue weighted by Gasteiger charge is -2.07. The number of nitrogens with one attached hydrogen (secondary N) is 2. The van der Waals surface area contributed by atoms with Crippen molar-refractivity contribution in [1.29, 1.82) is 0 Å². The minimum Gasteiger partial charge on any atom is -0.394 e. The van der Waals surface area contributed by atoms with Crippen LogP contribution in [0.3, 0.4) is 0 Å². The smallest absolute Gasteiger partial charge is 0.319 e. The lowest BCUT2D eigenvalue weighted by atomic mass is 10.3. The van der Waals surface area contributed by atoms with E-state index < -0.39 is 11.8 Å². The molecule has 1 rings (SSSR count). The molecule has 0 spiro atoms. The van der Waals surface area contributed by atoms with Gasteiger partial charge in [-0.1, -0.05) is 6.07 Å². The van der Waals surface area contributed by atoms with E-state index in [-0.39, 0.29) is 13.2 Å². The van der Waals surface area contributed by atoms with Crippen LogP contribution in [0.25, 0.3) is 0 Å². The van der Waals surface area contributed by atoms with Crippen molar-refractivity contribution in [3.8, 4) is 0 Å². The van der Waals surface area contributed by atoms with Crippen molar-refractivity contribution in [3.05, 3.63) is 30.1 Å². The molecular formula is C11H15FN2O3. The molecule has 0 aromatic heterocycles. The molecule has 5 nitrogen and oxygen atoms in total. The number of carbonyl (C=O) groups excluding carboxylic acids is 1. The highest BCUT2D eigenvalue weighted by atomic mass is 19.1. The highest BCUT2D eigenvalue weighted by Crippen LogP contribution is 2.08. The molecule has 0 radical (unpaired) electrons. The van der Waals surface area contributed by atoms with Crippen molar-refractivity contribution >= 4 is 11.7 Å². The monoisotopic (exact) mass is 242 g/mol. The molecule has 0 heterocycles. The average molecular weight is 242 g/mol. The topological polar surface area (TPSA) is 70.6 Å². The number of carbonyl (C=O) groups is 1. The predicted molar refractivity (Wildman–Crippen MR) is 61.3 cm³/mol. The molecule has 94 valence electrons. The lowest BCUT2D eigenvalue weighted by Crippen LogP contribution is -2.31. The quantitative estimate of drug-likeness (QED) is 0.651. The number of anilines is 1. The first kappa shape index (κ1) is 13.4. The summed E-state index contributed by atoms with van der Waals surface area (Å²) in [5, 5.41) is 13.4. The van der Waals surface area contributed by atoms with Crippen LogP contribution in [0.2, 0.25) is 0 Å². The normalized spacial score (nSPS) is 10.0. The van der Waals surface area contributed by atoms with E-state index >= 15 is 0 Å². The summed E-state index contributed by atoms with van der Waals surface area (Å²) in [5.41, 5.74) is 0.388. The maximum absolute atomic E-state index is 12.8. The molecule has 0 aliphatic carbocycles. The van der Waals surface area contributed by atoms with E-state index in [1.54, 1.807) is 6.07 Å². The first-order chi connectivity index (χ1) is 8.22. The van der Waals surface area contributed by atoms with Crippen LogP contribution in [0.1, 0.15) is 0 Å². The minimum absolute atomic E-state index is 0.0461. The third kappa shape index (κ3) is 5.84. The second-order valence-corrected chi connectivity index (χ2v) is 3.23. The van der Waals surface area contributed by atoms with Gasteiger partial charge in [-0.25, -0.2) is 9.18 Å². The van der Waals surface area contributed by atoms with Gasteiger partial charge in [-0.05, 0) is 18.2 Å². The van der Waals surface area contributed by atoms with Gasteiger partial charge in [0, 0.05) is 12.2 Å². The molecule has 17 heavy (non-hydrogen) atoms. The summed E-state index contributed by atoms with van der Waals surface area (Å²) < 4.78 is 17.7. The Bertz CT molecular complexity index is 360. The zero-order valence-electron chi connectivity index (χ0n) is 9.28. The van der Waals surface area contributed by atoms with Crippen LogP contribution in [-0.4, -0.2) is 37.5 Å². The van der Waals surface area contributed by atoms with Crippen LogP contribution in [-0.2, 0) is 4.74 Å². The van der Waals surface area contributed by atoms with E-state index in [1.807, 2.05) is 0 Å². The van der Waals surface area contributed by atoms with Gasteiger partial charge in [0.1, 0.15) is 5.82 Å². The fraction of sp³-hybridized carbons (Fsp3) is 0.364. The van der Waals surface area contributed by atoms with Crippen molar-refractivity contribution in [2.45, 2.75) is 0 Å². The van der Waals surface area contributed by atoms with Crippen LogP contribution in [0.4, 0.5) is 14.9 Å². The summed E-state index contributed by atoms with van der Waals surface area (Å²) in [7, 11) is 0. The lowest BCUT2D eigenvalue weighted by molar-refractivity contribution is 0.0950. The molecule has 0 atom stereocenters. The van der Waals surface area contributed by atoms with Crippen LogP contribution in [0.5, 0.6) is 0 Å². The molecule has 0 saturated heterocycles. The van der Waals surface area contributed by atoms with Gasteiger partial charge in [-0.2, -0.15) is 0 Å². The number of hydrogen-bond donors (Lipinski definition) is 3. The summed E-state index contributed by atoms with van der Waals surface area (Å²) in [4.78, 5) is 11.3. The molecule has 0 saturated carbocycles. The molecule has 3 N–H and O–H groups in total. The van der Waals surface area contributed by atoms with Gasteiger partial charge in [0.25, 0.3) is 0 Å². The van der Waals surface area contributed by atoms with Gasteiger partial charge in [0.15, 0.2) is 0 Å². The number of amides is 2. The number of hydrogen-bond acceptors (Lipinski definition) is 3. The maximum Gasteiger partial charge on any atom is 0.319 e. The summed E-state index contributed by atoms with van der Waals surface area (Å²) in [6, 6.07) is 5.19. The Morgan fingerprint density at radius 1 is 1.41 bits per heavy atom. The van der Waals surface area contributed by atoms with E-state index in [0.717, 1.165) is 0 Å². The third-order valence-electron chi connectivity index (χ3n) is 1.85.